The van der Waals surface area contributed by atoms with Crippen molar-refractivity contribution in [2.75, 3.05) is 31.0 Å². The van der Waals surface area contributed by atoms with Gasteiger partial charge in [-0.25, -0.2) is 0 Å². The number of hydrogen-bond donors (Lipinski definition) is 1. The molecule has 1 aromatic heterocycles. The number of carbonyl (C=O) groups is 1. The Hall–Kier alpha value is -1.84. The Bertz CT molecular complexity index is 762. The first-order chi connectivity index (χ1) is 12.3. The van der Waals surface area contributed by atoms with Crippen LogP contribution in [-0.2, 0) is 4.74 Å². The van der Waals surface area contributed by atoms with Crippen LogP contribution in [0.15, 0.2) is 22.5 Å². The van der Waals surface area contributed by atoms with Crippen molar-refractivity contribution in [3.63, 3.8) is 0 Å². The number of Topliss-reactive ketones (excluding diaryl/α,β-unsaturated/α-hetero) is 1. The molecule has 0 unspecified atom stereocenters. The van der Waals surface area contributed by atoms with Crippen molar-refractivity contribution in [2.45, 2.75) is 23.3 Å². The van der Waals surface area contributed by atoms with Crippen LogP contribution in [0.4, 0.5) is 5.13 Å². The summed E-state index contributed by atoms with van der Waals surface area (Å²) < 4.78 is 16.9. The van der Waals surface area contributed by atoms with Gasteiger partial charge in [0.2, 0.25) is 11.9 Å². The van der Waals surface area contributed by atoms with E-state index in [1.165, 1.54) is 23.1 Å². The normalized spacial score (nSPS) is 18.5. The minimum absolute atomic E-state index is 0.0207. The monoisotopic (exact) mass is 379 g/mol. The molecule has 132 valence electrons. The lowest BCUT2D eigenvalue weighted by molar-refractivity contribution is 0.102. The summed E-state index contributed by atoms with van der Waals surface area (Å²) in [5.41, 5.74) is 0.609. The number of hydrogen-bond acceptors (Lipinski definition) is 9. The summed E-state index contributed by atoms with van der Waals surface area (Å²) in [7, 11) is 0. The number of nitrogens with one attached hydrogen (secondary N) is 1. The number of ketones is 1. The highest BCUT2D eigenvalue weighted by Crippen LogP contribution is 2.33. The molecule has 0 saturated carbocycles. The molecule has 2 aliphatic heterocycles. The predicted octanol–water partition coefficient (Wildman–Crippen LogP) is 2.83. The molecule has 25 heavy (non-hydrogen) atoms. The molecule has 2 aliphatic rings. The first-order valence-corrected chi connectivity index (χ1v) is 9.83. The van der Waals surface area contributed by atoms with Gasteiger partial charge in [-0.1, -0.05) is 23.1 Å². The molecule has 1 saturated heterocycles. The number of thioether (sulfide) groups is 1. The standard InChI is InChI=1S/C16H17N3O4S2/c20-12(10-3-4-13-14(6-10)23-9-22-13)8-24-16-19-18-15(25-16)17-7-11-2-1-5-21-11/h3-4,6,11H,1-2,5,7-9H2,(H,17,18)/t11-/m0/s1. The fourth-order valence-corrected chi connectivity index (χ4v) is 4.28. The van der Waals surface area contributed by atoms with E-state index >= 15 is 0 Å². The van der Waals surface area contributed by atoms with Crippen LogP contribution >= 0.6 is 23.1 Å². The van der Waals surface area contributed by atoms with Gasteiger partial charge in [-0.05, 0) is 31.0 Å². The van der Waals surface area contributed by atoms with Crippen LogP contribution in [0.2, 0.25) is 0 Å². The van der Waals surface area contributed by atoms with Crippen molar-refractivity contribution >= 4 is 34.0 Å². The van der Waals surface area contributed by atoms with E-state index in [4.69, 9.17) is 14.2 Å². The molecule has 0 bridgehead atoms. The molecule has 7 nitrogen and oxygen atoms in total. The number of anilines is 1. The summed E-state index contributed by atoms with van der Waals surface area (Å²) in [5.74, 6) is 1.62. The third kappa shape index (κ3) is 4.05. The molecule has 1 atom stereocenters. The SMILES string of the molecule is O=C(CSc1nnc(NC[C@@H]2CCCO2)s1)c1ccc2c(c1)OCO2. The second-order valence-electron chi connectivity index (χ2n) is 5.67. The molecule has 2 aromatic rings. The zero-order chi connectivity index (χ0) is 17.1. The van der Waals surface area contributed by atoms with Crippen LogP contribution in [-0.4, -0.2) is 47.8 Å². The van der Waals surface area contributed by atoms with Gasteiger partial charge in [0.15, 0.2) is 21.6 Å². The number of aromatic nitrogens is 2. The summed E-state index contributed by atoms with van der Waals surface area (Å²) >= 11 is 2.84. The number of rotatable bonds is 7. The van der Waals surface area contributed by atoms with Gasteiger partial charge in [-0.3, -0.25) is 4.79 Å². The smallest absolute Gasteiger partial charge is 0.231 e. The lowest BCUT2D eigenvalue weighted by Gasteiger charge is -2.08. The molecule has 0 amide bonds. The highest BCUT2D eigenvalue weighted by Gasteiger charge is 2.18. The molecule has 1 N–H and O–H groups in total. The fraction of sp³-hybridized carbons (Fsp3) is 0.438. The number of carbonyl (C=O) groups excluding carboxylic acids is 1. The van der Waals surface area contributed by atoms with Crippen molar-refractivity contribution in [2.24, 2.45) is 0 Å². The van der Waals surface area contributed by atoms with E-state index in [0.29, 0.717) is 22.8 Å². The Balaban J connectivity index is 1.28. The van der Waals surface area contributed by atoms with Crippen LogP contribution in [0, 0.1) is 0 Å². The van der Waals surface area contributed by atoms with E-state index < -0.39 is 0 Å². The first-order valence-electron chi connectivity index (χ1n) is 8.02. The van der Waals surface area contributed by atoms with Gasteiger partial charge in [0.05, 0.1) is 11.9 Å². The van der Waals surface area contributed by atoms with Gasteiger partial charge < -0.3 is 19.5 Å². The lowest BCUT2D eigenvalue weighted by atomic mass is 10.1. The Morgan fingerprint density at radius 2 is 2.24 bits per heavy atom. The molecule has 0 spiro atoms. The predicted molar refractivity (Wildman–Crippen MR) is 95.0 cm³/mol. The Labute approximate surface area is 153 Å². The van der Waals surface area contributed by atoms with E-state index in [0.717, 1.165) is 35.5 Å². The van der Waals surface area contributed by atoms with Crippen LogP contribution in [0.3, 0.4) is 0 Å². The maximum atomic E-state index is 12.3. The number of ether oxygens (including phenoxy) is 3. The molecule has 1 fully saturated rings. The molecule has 4 rings (SSSR count). The summed E-state index contributed by atoms with van der Waals surface area (Å²) in [6.45, 7) is 1.79. The van der Waals surface area contributed by atoms with Gasteiger partial charge in [0.1, 0.15) is 0 Å². The summed E-state index contributed by atoms with van der Waals surface area (Å²) in [4.78, 5) is 12.3. The quantitative estimate of drug-likeness (QED) is 0.581. The largest absolute Gasteiger partial charge is 0.454 e. The van der Waals surface area contributed by atoms with Crippen molar-refractivity contribution in [3.05, 3.63) is 23.8 Å². The van der Waals surface area contributed by atoms with E-state index in [9.17, 15) is 4.79 Å². The van der Waals surface area contributed by atoms with Gasteiger partial charge in [-0.2, -0.15) is 0 Å². The Morgan fingerprint density at radius 1 is 1.32 bits per heavy atom. The maximum Gasteiger partial charge on any atom is 0.231 e. The third-order valence-corrected chi connectivity index (χ3v) is 5.95. The van der Waals surface area contributed by atoms with Crippen molar-refractivity contribution in [3.8, 4) is 11.5 Å². The van der Waals surface area contributed by atoms with E-state index in [1.807, 2.05) is 0 Å². The van der Waals surface area contributed by atoms with Crippen molar-refractivity contribution in [1.29, 1.82) is 0 Å². The van der Waals surface area contributed by atoms with Crippen molar-refractivity contribution < 1.29 is 19.0 Å². The number of nitrogens with zero attached hydrogens (tertiary/aromatic N) is 2. The topological polar surface area (TPSA) is 82.6 Å². The molecule has 0 aliphatic carbocycles. The van der Waals surface area contributed by atoms with Gasteiger partial charge in [0, 0.05) is 18.7 Å². The highest BCUT2D eigenvalue weighted by atomic mass is 32.2. The maximum absolute atomic E-state index is 12.3. The zero-order valence-corrected chi connectivity index (χ0v) is 15.0. The molecule has 3 heterocycles. The van der Waals surface area contributed by atoms with Gasteiger partial charge >= 0.3 is 0 Å². The van der Waals surface area contributed by atoms with E-state index in [1.54, 1.807) is 18.2 Å². The summed E-state index contributed by atoms with van der Waals surface area (Å²) in [6.07, 6.45) is 2.45. The average Bonchev–Trinajstić information content (AvgIpc) is 3.38. The summed E-state index contributed by atoms with van der Waals surface area (Å²) in [5, 5.41) is 12.2. The molecular weight excluding hydrogens is 362 g/mol. The molecule has 1 aromatic carbocycles. The van der Waals surface area contributed by atoms with Gasteiger partial charge in [-0.15, -0.1) is 10.2 Å². The van der Waals surface area contributed by atoms with E-state index in [2.05, 4.69) is 15.5 Å². The Kier molecular flexibility index (Phi) is 5.04. The van der Waals surface area contributed by atoms with Crippen LogP contribution in [0.5, 0.6) is 11.5 Å². The number of fused-ring (bicyclic) bond motifs is 1. The number of benzene rings is 1. The van der Waals surface area contributed by atoms with Crippen molar-refractivity contribution in [1.82, 2.24) is 10.2 Å². The summed E-state index contributed by atoms with van der Waals surface area (Å²) in [6, 6.07) is 5.24. The lowest BCUT2D eigenvalue weighted by Crippen LogP contribution is -2.18. The zero-order valence-electron chi connectivity index (χ0n) is 13.4. The second kappa shape index (κ2) is 7.59. The molecule has 0 radical (unpaired) electrons. The minimum Gasteiger partial charge on any atom is -0.454 e. The molecular formula is C16H17N3O4S2. The average molecular weight is 379 g/mol. The van der Waals surface area contributed by atoms with E-state index in [-0.39, 0.29) is 18.7 Å². The second-order valence-corrected chi connectivity index (χ2v) is 7.87. The Morgan fingerprint density at radius 3 is 3.12 bits per heavy atom. The molecule has 9 heteroatoms. The fourth-order valence-electron chi connectivity index (χ4n) is 2.63. The minimum atomic E-state index is 0.0207. The first kappa shape index (κ1) is 16.6. The van der Waals surface area contributed by atoms with Crippen LogP contribution in [0.1, 0.15) is 23.2 Å². The highest BCUT2D eigenvalue weighted by molar-refractivity contribution is 8.01. The van der Waals surface area contributed by atoms with Crippen LogP contribution < -0.4 is 14.8 Å². The third-order valence-electron chi connectivity index (χ3n) is 3.93. The van der Waals surface area contributed by atoms with Crippen LogP contribution in [0.25, 0.3) is 0 Å². The van der Waals surface area contributed by atoms with Gasteiger partial charge in [0.25, 0.3) is 0 Å².